The van der Waals surface area contributed by atoms with Gasteiger partial charge in [0.15, 0.2) is 17.3 Å². The summed E-state index contributed by atoms with van der Waals surface area (Å²) < 4.78 is 11.1. The van der Waals surface area contributed by atoms with Gasteiger partial charge in [0.1, 0.15) is 13.2 Å². The van der Waals surface area contributed by atoms with Crippen LogP contribution in [0.15, 0.2) is 47.4 Å². The molecule has 3 heterocycles. The molecule has 0 spiro atoms. The zero-order valence-corrected chi connectivity index (χ0v) is 20.0. The number of carbonyl (C=O) groups is 3. The number of hydrogen-bond acceptors (Lipinski definition) is 6. The topological polar surface area (TPSA) is 76.2 Å². The van der Waals surface area contributed by atoms with Crippen LogP contribution in [-0.2, 0) is 9.59 Å². The monoisotopic (exact) mass is 480 g/mol. The molecule has 0 saturated carbocycles. The van der Waals surface area contributed by atoms with E-state index in [-0.39, 0.29) is 35.9 Å². The van der Waals surface area contributed by atoms with E-state index in [2.05, 4.69) is 0 Å². The zero-order chi connectivity index (χ0) is 23.7. The van der Waals surface area contributed by atoms with Gasteiger partial charge in [0.2, 0.25) is 11.8 Å². The second kappa shape index (κ2) is 9.70. The predicted octanol–water partition coefficient (Wildman–Crippen LogP) is 3.65. The largest absolute Gasteiger partial charge is 0.486 e. The van der Waals surface area contributed by atoms with Crippen LogP contribution in [0.3, 0.4) is 0 Å². The van der Waals surface area contributed by atoms with E-state index in [1.54, 1.807) is 34.9 Å². The van der Waals surface area contributed by atoms with Gasteiger partial charge in [-0.3, -0.25) is 14.4 Å². The molecular formula is C26H28N2O5S. The van der Waals surface area contributed by atoms with Gasteiger partial charge >= 0.3 is 0 Å². The number of ketones is 1. The molecule has 5 rings (SSSR count). The van der Waals surface area contributed by atoms with Gasteiger partial charge in [0.05, 0.1) is 5.92 Å². The van der Waals surface area contributed by atoms with Gasteiger partial charge in [0, 0.05) is 48.1 Å². The lowest BCUT2D eigenvalue weighted by atomic mass is 9.88. The Bertz CT molecular complexity index is 1090. The van der Waals surface area contributed by atoms with Crippen molar-refractivity contribution >= 4 is 35.0 Å². The Morgan fingerprint density at radius 3 is 2.35 bits per heavy atom. The lowest BCUT2D eigenvalue weighted by Gasteiger charge is -2.33. The molecule has 1 atom stereocenters. The fourth-order valence-corrected chi connectivity index (χ4v) is 5.35. The van der Waals surface area contributed by atoms with Crippen LogP contribution in [0.2, 0.25) is 0 Å². The Hall–Kier alpha value is -3.00. The quantitative estimate of drug-likeness (QED) is 0.480. The molecule has 0 aliphatic carbocycles. The van der Waals surface area contributed by atoms with Crippen molar-refractivity contribution in [1.82, 2.24) is 4.90 Å². The summed E-state index contributed by atoms with van der Waals surface area (Å²) in [5.74, 6) is 0.911. The Balaban J connectivity index is 1.17. The van der Waals surface area contributed by atoms with Gasteiger partial charge in [-0.15, -0.1) is 11.8 Å². The molecule has 0 aromatic heterocycles. The smallest absolute Gasteiger partial charge is 0.228 e. The third kappa shape index (κ3) is 4.51. The molecule has 1 unspecified atom stereocenters. The molecule has 3 aliphatic heterocycles. The molecule has 2 amide bonds. The Morgan fingerprint density at radius 2 is 1.65 bits per heavy atom. The summed E-state index contributed by atoms with van der Waals surface area (Å²) in [5.41, 5.74) is 1.46. The molecule has 0 N–H and O–H groups in total. The summed E-state index contributed by atoms with van der Waals surface area (Å²) in [4.78, 5) is 43.5. The van der Waals surface area contributed by atoms with E-state index in [9.17, 15) is 14.4 Å². The molecule has 3 aliphatic rings. The number of rotatable bonds is 5. The maximum absolute atomic E-state index is 13.2. The molecule has 8 heteroatoms. The van der Waals surface area contributed by atoms with Crippen LogP contribution < -0.4 is 14.4 Å². The molecule has 2 fully saturated rings. The Kier molecular flexibility index (Phi) is 6.50. The lowest BCUT2D eigenvalue weighted by molar-refractivity contribution is -0.137. The average Bonchev–Trinajstić information content (AvgIpc) is 3.29. The third-order valence-corrected chi connectivity index (χ3v) is 7.61. The highest BCUT2D eigenvalue weighted by Gasteiger charge is 2.38. The van der Waals surface area contributed by atoms with Crippen molar-refractivity contribution < 1.29 is 23.9 Å². The summed E-state index contributed by atoms with van der Waals surface area (Å²) >= 11 is 1.65. The van der Waals surface area contributed by atoms with E-state index in [4.69, 9.17) is 9.47 Å². The van der Waals surface area contributed by atoms with Gasteiger partial charge in [-0.2, -0.15) is 0 Å². The van der Waals surface area contributed by atoms with Gasteiger partial charge < -0.3 is 19.3 Å². The highest BCUT2D eigenvalue weighted by atomic mass is 32.2. The van der Waals surface area contributed by atoms with Crippen LogP contribution in [0, 0.1) is 11.8 Å². The molecule has 7 nitrogen and oxygen atoms in total. The fraction of sp³-hybridized carbons (Fsp3) is 0.423. The maximum Gasteiger partial charge on any atom is 0.228 e. The first-order chi connectivity index (χ1) is 16.5. The number of nitrogens with zero attached hydrogens (tertiary/aromatic N) is 2. The molecule has 178 valence electrons. The Morgan fingerprint density at radius 1 is 0.941 bits per heavy atom. The molecule has 2 aromatic rings. The van der Waals surface area contributed by atoms with Gasteiger partial charge in [-0.1, -0.05) is 0 Å². The zero-order valence-electron chi connectivity index (χ0n) is 19.2. The highest BCUT2D eigenvalue weighted by Crippen LogP contribution is 2.33. The summed E-state index contributed by atoms with van der Waals surface area (Å²) in [6.45, 7) is 2.48. The summed E-state index contributed by atoms with van der Waals surface area (Å²) in [6, 6.07) is 13.2. The van der Waals surface area contributed by atoms with Crippen molar-refractivity contribution in [2.45, 2.75) is 24.2 Å². The van der Waals surface area contributed by atoms with Crippen LogP contribution in [0.4, 0.5) is 5.69 Å². The second-order valence-electron chi connectivity index (χ2n) is 8.93. The SMILES string of the molecule is CSc1ccc(N2CC(C(=O)N3CCC(C(=O)c4ccc5c(c4)OCCO5)CC3)CC2=O)cc1. The predicted molar refractivity (Wildman–Crippen MR) is 130 cm³/mol. The van der Waals surface area contributed by atoms with Crippen molar-refractivity contribution in [2.75, 3.05) is 44.0 Å². The number of piperidine rings is 1. The van der Waals surface area contributed by atoms with Crippen molar-refractivity contribution in [3.8, 4) is 11.5 Å². The van der Waals surface area contributed by atoms with Crippen LogP contribution in [0.5, 0.6) is 11.5 Å². The van der Waals surface area contributed by atoms with Crippen molar-refractivity contribution in [2.24, 2.45) is 11.8 Å². The van der Waals surface area contributed by atoms with Crippen molar-refractivity contribution in [1.29, 1.82) is 0 Å². The number of benzene rings is 2. The number of hydrogen-bond donors (Lipinski definition) is 0. The minimum absolute atomic E-state index is 0.0149. The number of amides is 2. The van der Waals surface area contributed by atoms with E-state index >= 15 is 0 Å². The number of thioether (sulfide) groups is 1. The fourth-order valence-electron chi connectivity index (χ4n) is 4.94. The summed E-state index contributed by atoms with van der Waals surface area (Å²) in [6.07, 6.45) is 3.50. The van der Waals surface area contributed by atoms with E-state index in [1.807, 2.05) is 35.4 Å². The third-order valence-electron chi connectivity index (χ3n) is 6.86. The van der Waals surface area contributed by atoms with E-state index in [0.717, 1.165) is 10.6 Å². The molecule has 0 radical (unpaired) electrons. The molecule has 34 heavy (non-hydrogen) atoms. The molecule has 0 bridgehead atoms. The van der Waals surface area contributed by atoms with Crippen LogP contribution in [0.1, 0.15) is 29.6 Å². The van der Waals surface area contributed by atoms with Crippen LogP contribution in [-0.4, -0.2) is 61.6 Å². The maximum atomic E-state index is 13.2. The van der Waals surface area contributed by atoms with E-state index in [0.29, 0.717) is 62.8 Å². The molecule has 2 saturated heterocycles. The number of carbonyl (C=O) groups excluding carboxylic acids is 3. The van der Waals surface area contributed by atoms with Gasteiger partial charge in [-0.25, -0.2) is 0 Å². The number of fused-ring (bicyclic) bond motifs is 1. The Labute approximate surface area is 203 Å². The normalized spacial score (nSPS) is 20.5. The van der Waals surface area contributed by atoms with Crippen LogP contribution in [0.25, 0.3) is 0 Å². The number of Topliss-reactive ketones (excluding diaryl/α,β-unsaturated/α-hetero) is 1. The molecular weight excluding hydrogens is 452 g/mol. The molecule has 2 aromatic carbocycles. The average molecular weight is 481 g/mol. The first kappa shape index (κ1) is 22.8. The minimum Gasteiger partial charge on any atom is -0.486 e. The van der Waals surface area contributed by atoms with Crippen LogP contribution >= 0.6 is 11.8 Å². The van der Waals surface area contributed by atoms with E-state index < -0.39 is 0 Å². The standard InChI is InChI=1S/C26H28N2O5S/c1-34-21-5-3-20(4-6-21)28-16-19(15-24(28)29)26(31)27-10-8-17(9-11-27)25(30)18-2-7-22-23(14-18)33-13-12-32-22/h2-7,14,17,19H,8-13,15-16H2,1H3. The summed E-state index contributed by atoms with van der Waals surface area (Å²) in [5, 5.41) is 0. The highest BCUT2D eigenvalue weighted by molar-refractivity contribution is 7.98. The minimum atomic E-state index is -0.335. The number of ether oxygens (including phenoxy) is 2. The van der Waals surface area contributed by atoms with E-state index in [1.165, 1.54) is 0 Å². The second-order valence-corrected chi connectivity index (χ2v) is 9.81. The van der Waals surface area contributed by atoms with Gasteiger partial charge in [-0.05, 0) is 61.6 Å². The number of anilines is 1. The van der Waals surface area contributed by atoms with Crippen molar-refractivity contribution in [3.63, 3.8) is 0 Å². The first-order valence-corrected chi connectivity index (χ1v) is 12.9. The van der Waals surface area contributed by atoms with Crippen molar-refractivity contribution in [3.05, 3.63) is 48.0 Å². The first-order valence-electron chi connectivity index (χ1n) is 11.7. The summed E-state index contributed by atoms with van der Waals surface area (Å²) in [7, 11) is 0. The van der Waals surface area contributed by atoms with Gasteiger partial charge in [0.25, 0.3) is 0 Å². The number of likely N-dealkylation sites (tertiary alicyclic amines) is 1. The lowest BCUT2D eigenvalue weighted by Crippen LogP contribution is -2.43.